The molecule has 260 valence electrons. The van der Waals surface area contributed by atoms with Crippen LogP contribution in [-0.4, -0.2) is 113 Å². The summed E-state index contributed by atoms with van der Waals surface area (Å²) in [7, 11) is 1.43. The van der Waals surface area contributed by atoms with Gasteiger partial charge < -0.3 is 38.6 Å². The summed E-state index contributed by atoms with van der Waals surface area (Å²) in [6.45, 7) is 18.2. The van der Waals surface area contributed by atoms with Crippen LogP contribution in [0.5, 0.6) is 0 Å². The smallest absolute Gasteiger partial charge is 0.409 e. The van der Waals surface area contributed by atoms with Gasteiger partial charge >= 0.3 is 6.09 Å². The number of ether oxygens (including phenoxy) is 6. The first-order chi connectivity index (χ1) is 21.7. The van der Waals surface area contributed by atoms with Gasteiger partial charge in [0.25, 0.3) is 0 Å². The van der Waals surface area contributed by atoms with Crippen molar-refractivity contribution >= 4 is 6.09 Å². The average molecular weight is 639 g/mol. The fourth-order valence-electron chi connectivity index (χ4n) is 6.34. The Labute approximate surface area is 271 Å². The van der Waals surface area contributed by atoms with Crippen LogP contribution < -0.4 is 5.32 Å². The van der Waals surface area contributed by atoms with Crippen LogP contribution in [-0.2, 0) is 34.8 Å². The Morgan fingerprint density at radius 2 is 1.64 bits per heavy atom. The third kappa shape index (κ3) is 12.4. The number of rotatable bonds is 20. The van der Waals surface area contributed by atoms with Gasteiger partial charge in [-0.1, -0.05) is 0 Å². The molecular formula is C34H62N4O7. The number of nitrogens with zero attached hydrogens (tertiary/aromatic N) is 3. The minimum absolute atomic E-state index is 0.00966. The van der Waals surface area contributed by atoms with Crippen molar-refractivity contribution in [2.45, 2.75) is 104 Å². The van der Waals surface area contributed by atoms with Crippen LogP contribution in [0, 0.1) is 5.41 Å². The van der Waals surface area contributed by atoms with E-state index in [-0.39, 0.29) is 23.3 Å². The van der Waals surface area contributed by atoms with E-state index in [9.17, 15) is 4.79 Å². The van der Waals surface area contributed by atoms with Gasteiger partial charge in [-0.15, -0.1) is 0 Å². The second-order valence-electron chi connectivity index (χ2n) is 13.4. The molecule has 1 amide bonds. The molecule has 0 aromatic carbocycles. The van der Waals surface area contributed by atoms with Gasteiger partial charge in [0.1, 0.15) is 6.23 Å². The molecule has 0 radical (unpaired) electrons. The van der Waals surface area contributed by atoms with Crippen LogP contribution in [0.2, 0.25) is 0 Å². The maximum atomic E-state index is 12.3. The van der Waals surface area contributed by atoms with E-state index in [0.717, 1.165) is 58.1 Å². The lowest BCUT2D eigenvalue weighted by atomic mass is 9.70. The maximum absolute atomic E-state index is 12.3. The summed E-state index contributed by atoms with van der Waals surface area (Å²) >= 11 is 0. The van der Waals surface area contributed by atoms with Gasteiger partial charge in [-0.25, -0.2) is 9.48 Å². The van der Waals surface area contributed by atoms with Gasteiger partial charge in [0, 0.05) is 56.0 Å². The average Bonchev–Trinajstić information content (AvgIpc) is 3.46. The van der Waals surface area contributed by atoms with Crippen LogP contribution in [0.15, 0.2) is 6.20 Å². The SMILES string of the molecule is CCOCCOCC1(COCCOCC)CCC(c2nn(C3CCCCO3)cc2CCNCCN(C(=O)OC)C(C)(C)C)CC1. The Hall–Kier alpha value is -1.76. The van der Waals surface area contributed by atoms with Crippen molar-refractivity contribution in [3.8, 4) is 0 Å². The number of nitrogens with one attached hydrogen (secondary N) is 1. The molecular weight excluding hydrogens is 576 g/mol. The van der Waals surface area contributed by atoms with Crippen molar-refractivity contribution in [1.82, 2.24) is 20.0 Å². The molecule has 1 unspecified atom stereocenters. The zero-order valence-electron chi connectivity index (χ0n) is 29.1. The summed E-state index contributed by atoms with van der Waals surface area (Å²) in [4.78, 5) is 14.1. The number of carbonyl (C=O) groups excluding carboxylic acids is 1. The van der Waals surface area contributed by atoms with Crippen molar-refractivity contribution in [3.63, 3.8) is 0 Å². The first-order valence-corrected chi connectivity index (χ1v) is 17.3. The van der Waals surface area contributed by atoms with E-state index in [1.807, 2.05) is 34.6 Å². The summed E-state index contributed by atoms with van der Waals surface area (Å²) in [6, 6.07) is 0. The Bertz CT molecular complexity index is 937. The molecule has 1 aromatic heterocycles. The van der Waals surface area contributed by atoms with Crippen molar-refractivity contribution in [3.05, 3.63) is 17.5 Å². The van der Waals surface area contributed by atoms with Crippen molar-refractivity contribution < 1.29 is 33.2 Å². The predicted octanol–water partition coefficient (Wildman–Crippen LogP) is 5.33. The van der Waals surface area contributed by atoms with Crippen LogP contribution >= 0.6 is 0 Å². The molecule has 1 aromatic rings. The fraction of sp³-hybridized carbons (Fsp3) is 0.882. The summed E-state index contributed by atoms with van der Waals surface area (Å²) < 4.78 is 36.4. The number of methoxy groups -OCH3 is 1. The summed E-state index contributed by atoms with van der Waals surface area (Å²) in [5.74, 6) is 0.389. The highest BCUT2D eigenvalue weighted by atomic mass is 16.5. The van der Waals surface area contributed by atoms with Gasteiger partial charge in [-0.3, -0.25) is 0 Å². The zero-order chi connectivity index (χ0) is 32.5. The predicted molar refractivity (Wildman–Crippen MR) is 175 cm³/mol. The highest BCUT2D eigenvalue weighted by molar-refractivity contribution is 5.68. The highest BCUT2D eigenvalue weighted by Crippen LogP contribution is 2.44. The lowest BCUT2D eigenvalue weighted by molar-refractivity contribution is -0.0630. The number of amides is 1. The molecule has 2 heterocycles. The maximum Gasteiger partial charge on any atom is 0.409 e. The van der Waals surface area contributed by atoms with E-state index in [1.54, 1.807) is 4.90 Å². The zero-order valence-corrected chi connectivity index (χ0v) is 29.1. The van der Waals surface area contributed by atoms with E-state index >= 15 is 0 Å². The molecule has 1 saturated heterocycles. The molecule has 3 rings (SSSR count). The molecule has 2 fully saturated rings. The minimum Gasteiger partial charge on any atom is -0.453 e. The van der Waals surface area contributed by atoms with E-state index in [1.165, 1.54) is 24.8 Å². The highest BCUT2D eigenvalue weighted by Gasteiger charge is 2.38. The normalized spacial score (nSPS) is 19.1. The molecule has 1 aliphatic carbocycles. The monoisotopic (exact) mass is 638 g/mol. The molecule has 0 spiro atoms. The van der Waals surface area contributed by atoms with E-state index in [2.05, 4.69) is 16.2 Å². The molecule has 45 heavy (non-hydrogen) atoms. The number of hydrogen-bond acceptors (Lipinski definition) is 9. The number of carbonyl (C=O) groups is 1. The quantitative estimate of drug-likeness (QED) is 0.190. The summed E-state index contributed by atoms with van der Waals surface area (Å²) in [5.41, 5.74) is 2.18. The molecule has 1 aliphatic heterocycles. The second-order valence-corrected chi connectivity index (χ2v) is 13.4. The molecule has 0 bridgehead atoms. The van der Waals surface area contributed by atoms with Gasteiger partial charge in [-0.2, -0.15) is 5.10 Å². The molecule has 1 atom stereocenters. The summed E-state index contributed by atoms with van der Waals surface area (Å²) in [5, 5.41) is 8.74. The van der Waals surface area contributed by atoms with Gasteiger partial charge in [-0.05, 0) is 98.1 Å². The Morgan fingerprint density at radius 3 is 2.20 bits per heavy atom. The van der Waals surface area contributed by atoms with Crippen LogP contribution in [0.3, 0.4) is 0 Å². The molecule has 11 heteroatoms. The van der Waals surface area contributed by atoms with Crippen LogP contribution in [0.4, 0.5) is 4.79 Å². The van der Waals surface area contributed by atoms with Crippen LogP contribution in [0.1, 0.15) is 103 Å². The topological polar surface area (TPSA) is 106 Å². The van der Waals surface area contributed by atoms with E-state index in [0.29, 0.717) is 71.9 Å². The Balaban J connectivity index is 1.64. The van der Waals surface area contributed by atoms with Crippen molar-refractivity contribution in [1.29, 1.82) is 0 Å². The first-order valence-electron chi connectivity index (χ1n) is 17.3. The van der Waals surface area contributed by atoms with Gasteiger partial charge in [0.2, 0.25) is 0 Å². The lowest BCUT2D eigenvalue weighted by Gasteiger charge is -2.39. The lowest BCUT2D eigenvalue weighted by Crippen LogP contribution is -2.48. The standard InChI is InChI=1S/C34H62N4O7/c1-7-41-21-23-43-26-34(27-44-24-22-42-8-2)15-12-28(13-16-34)31-29(25-38(36-31)30-11-9-10-20-45-30)14-17-35-18-19-37(32(39)40-6)33(3,4)5/h25,28,30,35H,7-24,26-27H2,1-6H3. The summed E-state index contributed by atoms with van der Waals surface area (Å²) in [6.07, 6.45) is 10.2. The van der Waals surface area contributed by atoms with Gasteiger partial charge in [0.05, 0.1) is 52.4 Å². The molecule has 2 aliphatic rings. The Kier molecular flexibility index (Phi) is 16.6. The van der Waals surface area contributed by atoms with Crippen molar-refractivity contribution in [2.75, 3.05) is 86.2 Å². The number of aromatic nitrogens is 2. The van der Waals surface area contributed by atoms with E-state index < -0.39 is 0 Å². The Morgan fingerprint density at radius 1 is 1.00 bits per heavy atom. The second kappa shape index (κ2) is 19.8. The fourth-order valence-corrected chi connectivity index (χ4v) is 6.34. The minimum atomic E-state index is -0.304. The van der Waals surface area contributed by atoms with Crippen molar-refractivity contribution in [2.24, 2.45) is 5.41 Å². The third-order valence-electron chi connectivity index (χ3n) is 8.98. The van der Waals surface area contributed by atoms with Crippen LogP contribution in [0.25, 0.3) is 0 Å². The van der Waals surface area contributed by atoms with E-state index in [4.69, 9.17) is 33.5 Å². The molecule has 1 saturated carbocycles. The largest absolute Gasteiger partial charge is 0.453 e. The number of hydrogen-bond donors (Lipinski definition) is 1. The first kappa shape index (κ1) is 37.7. The van der Waals surface area contributed by atoms with Gasteiger partial charge in [0.15, 0.2) is 0 Å². The third-order valence-corrected chi connectivity index (χ3v) is 8.98. The molecule has 11 nitrogen and oxygen atoms in total. The molecule has 1 N–H and O–H groups in total.